The van der Waals surface area contributed by atoms with Crippen molar-refractivity contribution in [2.45, 2.75) is 38.1 Å². The molecule has 1 heterocycles. The maximum atomic E-state index is 5.77. The number of epoxide rings is 1. The lowest BCUT2D eigenvalue weighted by atomic mass is 9.90. The third kappa shape index (κ3) is 2.45. The lowest BCUT2D eigenvalue weighted by Crippen LogP contribution is -2.18. The topological polar surface area (TPSA) is 21.8 Å². The van der Waals surface area contributed by atoms with Gasteiger partial charge in [0.25, 0.3) is 0 Å². The van der Waals surface area contributed by atoms with Crippen LogP contribution < -0.4 is 0 Å². The van der Waals surface area contributed by atoms with Crippen LogP contribution in [0.3, 0.4) is 0 Å². The Hall–Kier alpha value is -0.860. The maximum Gasteiger partial charge on any atom is 0.0845 e. The number of hydrogen-bond acceptors (Lipinski definition) is 2. The molecular formula is C14H18O2. The smallest absolute Gasteiger partial charge is 0.0845 e. The zero-order valence-corrected chi connectivity index (χ0v) is 9.47. The minimum absolute atomic E-state index is 0.569. The lowest BCUT2D eigenvalue weighted by molar-refractivity contribution is 0.0765. The summed E-state index contributed by atoms with van der Waals surface area (Å²) in [6, 6.07) is 10.4. The average molecular weight is 218 g/mol. The number of ether oxygens (including phenoxy) is 2. The van der Waals surface area contributed by atoms with E-state index in [9.17, 15) is 0 Å². The van der Waals surface area contributed by atoms with E-state index in [1.807, 2.05) is 6.07 Å². The highest BCUT2D eigenvalue weighted by atomic mass is 16.6. The van der Waals surface area contributed by atoms with E-state index in [0.717, 1.165) is 13.2 Å². The molecule has 3 unspecified atom stereocenters. The molecule has 1 saturated carbocycles. The number of fused-ring (bicyclic) bond motifs is 1. The largest absolute Gasteiger partial charge is 0.376 e. The van der Waals surface area contributed by atoms with Crippen molar-refractivity contribution in [1.82, 2.24) is 0 Å². The highest BCUT2D eigenvalue weighted by Gasteiger charge is 2.43. The molecule has 3 atom stereocenters. The molecule has 0 spiro atoms. The van der Waals surface area contributed by atoms with E-state index in [0.29, 0.717) is 18.1 Å². The third-order valence-corrected chi connectivity index (χ3v) is 3.58. The van der Waals surface area contributed by atoms with E-state index in [1.165, 1.54) is 24.8 Å². The molecule has 2 aliphatic rings. The molecule has 0 bridgehead atoms. The van der Waals surface area contributed by atoms with Crippen molar-refractivity contribution in [3.63, 3.8) is 0 Å². The second kappa shape index (κ2) is 4.56. The van der Waals surface area contributed by atoms with Gasteiger partial charge >= 0.3 is 0 Å². The fourth-order valence-corrected chi connectivity index (χ4v) is 2.56. The van der Waals surface area contributed by atoms with E-state index >= 15 is 0 Å². The quantitative estimate of drug-likeness (QED) is 0.725. The van der Waals surface area contributed by atoms with Crippen molar-refractivity contribution in [2.75, 3.05) is 6.61 Å². The molecule has 2 heteroatoms. The Bertz CT molecular complexity index is 336. The molecule has 86 valence electrons. The molecule has 1 aliphatic carbocycles. The highest BCUT2D eigenvalue weighted by molar-refractivity contribution is 5.13. The van der Waals surface area contributed by atoms with E-state index in [1.54, 1.807) is 0 Å². The second-order valence-electron chi connectivity index (χ2n) is 4.89. The monoisotopic (exact) mass is 218 g/mol. The summed E-state index contributed by atoms with van der Waals surface area (Å²) in [6.07, 6.45) is 4.89. The van der Waals surface area contributed by atoms with Gasteiger partial charge in [-0.25, -0.2) is 0 Å². The van der Waals surface area contributed by atoms with Gasteiger partial charge in [0.2, 0.25) is 0 Å². The van der Waals surface area contributed by atoms with Gasteiger partial charge in [-0.05, 0) is 30.7 Å². The Morgan fingerprint density at radius 1 is 1.12 bits per heavy atom. The fraction of sp³-hybridized carbons (Fsp3) is 0.571. The first kappa shape index (κ1) is 10.3. The predicted octanol–water partition coefficient (Wildman–Crippen LogP) is 2.77. The van der Waals surface area contributed by atoms with Crippen molar-refractivity contribution < 1.29 is 9.47 Å². The summed E-state index contributed by atoms with van der Waals surface area (Å²) in [5, 5.41) is 0. The third-order valence-electron chi connectivity index (χ3n) is 3.58. The highest BCUT2D eigenvalue weighted by Crippen LogP contribution is 2.39. The maximum absolute atomic E-state index is 5.77. The summed E-state index contributed by atoms with van der Waals surface area (Å²) >= 11 is 0. The molecule has 0 amide bonds. The number of benzene rings is 1. The Morgan fingerprint density at radius 3 is 2.81 bits per heavy atom. The molecule has 2 fully saturated rings. The zero-order valence-electron chi connectivity index (χ0n) is 9.47. The summed E-state index contributed by atoms with van der Waals surface area (Å²) < 4.78 is 11.3. The predicted molar refractivity (Wildman–Crippen MR) is 62.1 cm³/mol. The molecule has 16 heavy (non-hydrogen) atoms. The molecule has 1 aliphatic heterocycles. The van der Waals surface area contributed by atoms with Crippen molar-refractivity contribution >= 4 is 0 Å². The Morgan fingerprint density at radius 2 is 2.00 bits per heavy atom. The van der Waals surface area contributed by atoms with Crippen molar-refractivity contribution in [3.05, 3.63) is 35.9 Å². The summed E-state index contributed by atoms with van der Waals surface area (Å²) in [6.45, 7) is 1.63. The zero-order chi connectivity index (χ0) is 10.8. The van der Waals surface area contributed by atoms with Gasteiger partial charge in [-0.3, -0.25) is 0 Å². The van der Waals surface area contributed by atoms with E-state index < -0.39 is 0 Å². The first-order valence-corrected chi connectivity index (χ1v) is 6.19. The second-order valence-corrected chi connectivity index (χ2v) is 4.89. The van der Waals surface area contributed by atoms with Gasteiger partial charge in [0, 0.05) is 6.61 Å². The number of rotatable bonds is 4. The van der Waals surface area contributed by atoms with Gasteiger partial charge in [0.1, 0.15) is 0 Å². The van der Waals surface area contributed by atoms with E-state index in [2.05, 4.69) is 24.3 Å². The standard InChI is InChI=1S/C14H18O2/c1-2-4-11(5-3-1)9-15-10-12-6-7-13-14(8-12)16-13/h1-5,12-14H,6-10H2. The van der Waals surface area contributed by atoms with Crippen LogP contribution in [0, 0.1) is 5.92 Å². The Balaban J connectivity index is 1.40. The Kier molecular flexibility index (Phi) is 2.94. The first-order chi connectivity index (χ1) is 7.92. The van der Waals surface area contributed by atoms with Crippen LogP contribution in [0.5, 0.6) is 0 Å². The molecule has 0 N–H and O–H groups in total. The molecule has 0 aromatic heterocycles. The molecule has 0 radical (unpaired) electrons. The SMILES string of the molecule is c1ccc(COCC2CCC3OC3C2)cc1. The minimum Gasteiger partial charge on any atom is -0.376 e. The molecule has 3 rings (SSSR count). The van der Waals surface area contributed by atoms with Crippen LogP contribution in [0.1, 0.15) is 24.8 Å². The summed E-state index contributed by atoms with van der Waals surface area (Å²) in [4.78, 5) is 0. The van der Waals surface area contributed by atoms with Crippen molar-refractivity contribution in [3.8, 4) is 0 Å². The van der Waals surface area contributed by atoms with E-state index in [-0.39, 0.29) is 0 Å². The van der Waals surface area contributed by atoms with Crippen LogP contribution in [-0.2, 0) is 16.1 Å². The molecular weight excluding hydrogens is 200 g/mol. The fourth-order valence-electron chi connectivity index (χ4n) is 2.56. The minimum atomic E-state index is 0.569. The normalized spacial score (nSPS) is 32.1. The van der Waals surface area contributed by atoms with Crippen LogP contribution in [0.4, 0.5) is 0 Å². The van der Waals surface area contributed by atoms with Gasteiger partial charge in [-0.15, -0.1) is 0 Å². The van der Waals surface area contributed by atoms with E-state index in [4.69, 9.17) is 9.47 Å². The first-order valence-electron chi connectivity index (χ1n) is 6.19. The van der Waals surface area contributed by atoms with Crippen molar-refractivity contribution in [2.24, 2.45) is 5.92 Å². The summed E-state index contributed by atoms with van der Waals surface area (Å²) in [5.41, 5.74) is 1.26. The summed E-state index contributed by atoms with van der Waals surface area (Å²) in [5.74, 6) is 0.715. The van der Waals surface area contributed by atoms with Crippen LogP contribution in [0.15, 0.2) is 30.3 Å². The average Bonchev–Trinajstić information content (AvgIpc) is 3.09. The summed E-state index contributed by atoms with van der Waals surface area (Å²) in [7, 11) is 0. The van der Waals surface area contributed by atoms with Gasteiger partial charge < -0.3 is 9.47 Å². The van der Waals surface area contributed by atoms with Gasteiger partial charge in [0.05, 0.1) is 18.8 Å². The van der Waals surface area contributed by atoms with Crippen LogP contribution >= 0.6 is 0 Å². The molecule has 1 aromatic rings. The number of hydrogen-bond donors (Lipinski definition) is 0. The van der Waals surface area contributed by atoms with Crippen molar-refractivity contribution in [1.29, 1.82) is 0 Å². The molecule has 1 saturated heterocycles. The Labute approximate surface area is 96.6 Å². The van der Waals surface area contributed by atoms with Gasteiger partial charge in [-0.1, -0.05) is 30.3 Å². The van der Waals surface area contributed by atoms with Crippen LogP contribution in [0.2, 0.25) is 0 Å². The molecule has 1 aromatic carbocycles. The lowest BCUT2D eigenvalue weighted by Gasteiger charge is -2.18. The van der Waals surface area contributed by atoms with Gasteiger partial charge in [-0.2, -0.15) is 0 Å². The van der Waals surface area contributed by atoms with Crippen LogP contribution in [-0.4, -0.2) is 18.8 Å². The van der Waals surface area contributed by atoms with Crippen LogP contribution in [0.25, 0.3) is 0 Å². The van der Waals surface area contributed by atoms with Gasteiger partial charge in [0.15, 0.2) is 0 Å². The molecule has 2 nitrogen and oxygen atoms in total.